The van der Waals surface area contributed by atoms with Gasteiger partial charge in [0.05, 0.1) is 24.9 Å². The Morgan fingerprint density at radius 3 is 2.14 bits per heavy atom. The minimum Gasteiger partial charge on any atom is -0.396 e. The Balaban J connectivity index is 2.82. The molecule has 0 spiro atoms. The van der Waals surface area contributed by atoms with E-state index in [0.29, 0.717) is 0 Å². The molecule has 0 amide bonds. The number of hydrogen-bond donors (Lipinski definition) is 5. The van der Waals surface area contributed by atoms with Crippen LogP contribution in [0.1, 0.15) is 0 Å². The van der Waals surface area contributed by atoms with Crippen LogP contribution < -0.4 is 5.73 Å². The molecule has 1 rings (SSSR count). The van der Waals surface area contributed by atoms with E-state index in [0.717, 1.165) is 0 Å². The highest BCUT2D eigenvalue weighted by molar-refractivity contribution is 5.00. The Kier molecular flexibility index (Phi) is 3.82. The van der Waals surface area contributed by atoms with Crippen molar-refractivity contribution in [3.05, 3.63) is 0 Å². The van der Waals surface area contributed by atoms with E-state index in [1.54, 1.807) is 0 Å². The Morgan fingerprint density at radius 1 is 1.14 bits per heavy atom. The molecule has 0 aliphatic heterocycles. The largest absolute Gasteiger partial charge is 0.396 e. The number of aliphatic hydroxyl groups is 4. The summed E-state index contributed by atoms with van der Waals surface area (Å²) in [6, 6.07) is -0.916. The first-order valence-electron chi connectivity index (χ1n) is 4.48. The average molecular weight is 207 g/mol. The normalized spacial score (nSPS) is 49.3. The predicted molar refractivity (Wildman–Crippen MR) is 47.4 cm³/mol. The Morgan fingerprint density at radius 2 is 1.71 bits per heavy atom. The molecule has 0 heterocycles. The molecule has 0 saturated heterocycles. The summed E-state index contributed by atoms with van der Waals surface area (Å²) in [6.07, 6.45) is -4.25. The summed E-state index contributed by atoms with van der Waals surface area (Å²) in [5, 5.41) is 37.6. The summed E-state index contributed by atoms with van der Waals surface area (Å²) in [7, 11) is 1.33. The molecule has 1 fully saturated rings. The standard InChI is InChI=1S/C8H17NO5/c1-14-8-6(12)3(2-10)5(11)4(9)7(8)13/h3-8,10-13H,2,9H2,1H3/t3?,4-,5?,6-,7?,8?/m1/s1. The number of aliphatic hydroxyl groups excluding tert-OH is 4. The quantitative estimate of drug-likeness (QED) is 0.330. The van der Waals surface area contributed by atoms with E-state index in [2.05, 4.69) is 0 Å². The molecule has 6 N–H and O–H groups in total. The number of methoxy groups -OCH3 is 1. The first kappa shape index (κ1) is 11.8. The van der Waals surface area contributed by atoms with Crippen LogP contribution in [0.15, 0.2) is 0 Å². The Labute approximate surface area is 81.9 Å². The SMILES string of the molecule is COC1C(O)[C@H](N)C(O)C(CO)[C@H]1O. The van der Waals surface area contributed by atoms with Crippen molar-refractivity contribution in [1.82, 2.24) is 0 Å². The molecule has 0 aromatic heterocycles. The highest BCUT2D eigenvalue weighted by atomic mass is 16.5. The average Bonchev–Trinajstić information content (AvgIpc) is 2.16. The van der Waals surface area contributed by atoms with Gasteiger partial charge in [-0.1, -0.05) is 0 Å². The van der Waals surface area contributed by atoms with Gasteiger partial charge in [-0.3, -0.25) is 0 Å². The third kappa shape index (κ3) is 1.77. The van der Waals surface area contributed by atoms with Gasteiger partial charge in [-0.2, -0.15) is 0 Å². The molecule has 0 aromatic rings. The van der Waals surface area contributed by atoms with Gasteiger partial charge in [-0.05, 0) is 0 Å². The van der Waals surface area contributed by atoms with Crippen molar-refractivity contribution >= 4 is 0 Å². The zero-order valence-electron chi connectivity index (χ0n) is 7.95. The van der Waals surface area contributed by atoms with Crippen LogP contribution in [0.5, 0.6) is 0 Å². The van der Waals surface area contributed by atoms with E-state index in [1.807, 2.05) is 0 Å². The summed E-state index contributed by atoms with van der Waals surface area (Å²) in [5.41, 5.74) is 5.51. The molecule has 84 valence electrons. The van der Waals surface area contributed by atoms with Crippen molar-refractivity contribution in [2.45, 2.75) is 30.5 Å². The van der Waals surface area contributed by atoms with Crippen LogP contribution in [-0.4, -0.2) is 64.6 Å². The third-order valence-electron chi connectivity index (χ3n) is 2.82. The number of ether oxygens (including phenoxy) is 1. The van der Waals surface area contributed by atoms with Crippen LogP contribution in [0.3, 0.4) is 0 Å². The van der Waals surface area contributed by atoms with E-state index in [-0.39, 0.29) is 0 Å². The van der Waals surface area contributed by atoms with Crippen LogP contribution in [0.2, 0.25) is 0 Å². The fourth-order valence-electron chi connectivity index (χ4n) is 1.85. The zero-order valence-corrected chi connectivity index (χ0v) is 7.95. The molecule has 6 heteroatoms. The maximum atomic E-state index is 9.63. The van der Waals surface area contributed by atoms with Crippen LogP contribution in [0.25, 0.3) is 0 Å². The van der Waals surface area contributed by atoms with Gasteiger partial charge in [0.25, 0.3) is 0 Å². The molecule has 14 heavy (non-hydrogen) atoms. The lowest BCUT2D eigenvalue weighted by atomic mass is 9.78. The van der Waals surface area contributed by atoms with Crippen molar-refractivity contribution < 1.29 is 25.2 Å². The van der Waals surface area contributed by atoms with Gasteiger partial charge >= 0.3 is 0 Å². The van der Waals surface area contributed by atoms with E-state index in [1.165, 1.54) is 7.11 Å². The van der Waals surface area contributed by atoms with Crippen molar-refractivity contribution in [1.29, 1.82) is 0 Å². The Bertz CT molecular complexity index is 173. The smallest absolute Gasteiger partial charge is 0.111 e. The molecular weight excluding hydrogens is 190 g/mol. The summed E-state index contributed by atoms with van der Waals surface area (Å²) in [5.74, 6) is -0.779. The summed E-state index contributed by atoms with van der Waals surface area (Å²) in [4.78, 5) is 0. The fourth-order valence-corrected chi connectivity index (χ4v) is 1.85. The van der Waals surface area contributed by atoms with E-state index in [9.17, 15) is 15.3 Å². The first-order chi connectivity index (χ1) is 6.54. The van der Waals surface area contributed by atoms with Gasteiger partial charge in [0, 0.05) is 13.0 Å². The molecule has 1 aliphatic carbocycles. The van der Waals surface area contributed by atoms with Crippen molar-refractivity contribution in [2.75, 3.05) is 13.7 Å². The van der Waals surface area contributed by atoms with E-state index < -0.39 is 43.0 Å². The molecule has 0 bridgehead atoms. The van der Waals surface area contributed by atoms with E-state index >= 15 is 0 Å². The second-order valence-corrected chi connectivity index (χ2v) is 3.60. The zero-order chi connectivity index (χ0) is 10.9. The van der Waals surface area contributed by atoms with Gasteiger partial charge in [-0.25, -0.2) is 0 Å². The van der Waals surface area contributed by atoms with Crippen LogP contribution >= 0.6 is 0 Å². The Hall–Kier alpha value is -0.240. The third-order valence-corrected chi connectivity index (χ3v) is 2.82. The molecule has 4 unspecified atom stereocenters. The van der Waals surface area contributed by atoms with Crippen molar-refractivity contribution in [3.63, 3.8) is 0 Å². The summed E-state index contributed by atoms with van der Waals surface area (Å²) in [6.45, 7) is -0.400. The molecule has 6 atom stereocenters. The monoisotopic (exact) mass is 207 g/mol. The highest BCUT2D eigenvalue weighted by Crippen LogP contribution is 2.26. The molecule has 1 aliphatic rings. The molecule has 1 saturated carbocycles. The van der Waals surface area contributed by atoms with Gasteiger partial charge in [-0.15, -0.1) is 0 Å². The van der Waals surface area contributed by atoms with Gasteiger partial charge in [0.2, 0.25) is 0 Å². The second kappa shape index (κ2) is 4.52. The summed E-state index contributed by atoms with van der Waals surface area (Å²) >= 11 is 0. The van der Waals surface area contributed by atoms with Crippen molar-refractivity contribution in [3.8, 4) is 0 Å². The molecule has 0 radical (unpaired) electrons. The van der Waals surface area contributed by atoms with E-state index in [4.69, 9.17) is 15.6 Å². The van der Waals surface area contributed by atoms with Crippen LogP contribution in [0, 0.1) is 5.92 Å². The maximum Gasteiger partial charge on any atom is 0.111 e. The predicted octanol–water partition coefficient (Wildman–Crippen LogP) is -2.97. The minimum atomic E-state index is -1.13. The highest BCUT2D eigenvalue weighted by Gasteiger charge is 2.47. The second-order valence-electron chi connectivity index (χ2n) is 3.60. The molecular formula is C8H17NO5. The summed E-state index contributed by atoms with van der Waals surface area (Å²) < 4.78 is 4.86. The fraction of sp³-hybridized carbons (Fsp3) is 1.00. The number of hydrogen-bond acceptors (Lipinski definition) is 6. The lowest BCUT2D eigenvalue weighted by Crippen LogP contribution is -2.65. The van der Waals surface area contributed by atoms with Gasteiger partial charge in [0.1, 0.15) is 12.2 Å². The van der Waals surface area contributed by atoms with Crippen LogP contribution in [0.4, 0.5) is 0 Å². The first-order valence-corrected chi connectivity index (χ1v) is 4.48. The molecule has 0 aromatic carbocycles. The lowest BCUT2D eigenvalue weighted by molar-refractivity contribution is -0.177. The van der Waals surface area contributed by atoms with Gasteiger partial charge < -0.3 is 30.9 Å². The number of rotatable bonds is 2. The van der Waals surface area contributed by atoms with Crippen molar-refractivity contribution in [2.24, 2.45) is 11.7 Å². The minimum absolute atomic E-state index is 0.400. The lowest BCUT2D eigenvalue weighted by Gasteiger charge is -2.43. The number of nitrogens with two attached hydrogens (primary N) is 1. The topological polar surface area (TPSA) is 116 Å². The molecule has 6 nitrogen and oxygen atoms in total. The van der Waals surface area contributed by atoms with Crippen LogP contribution in [-0.2, 0) is 4.74 Å². The maximum absolute atomic E-state index is 9.63. The van der Waals surface area contributed by atoms with Gasteiger partial charge in [0.15, 0.2) is 0 Å².